The van der Waals surface area contributed by atoms with E-state index >= 15 is 4.39 Å². The topological polar surface area (TPSA) is 74.6 Å². The van der Waals surface area contributed by atoms with Gasteiger partial charge in [0.25, 0.3) is 0 Å². The Morgan fingerprint density at radius 2 is 2.04 bits per heavy atom. The summed E-state index contributed by atoms with van der Waals surface area (Å²) in [6.07, 6.45) is 5.53. The fourth-order valence-corrected chi connectivity index (χ4v) is 7.36. The predicted molar refractivity (Wildman–Crippen MR) is 98.5 cm³/mol. The Morgan fingerprint density at radius 1 is 1.33 bits per heavy atom. The molecule has 4 aliphatic carbocycles. The third-order valence-electron chi connectivity index (χ3n) is 8.48. The second kappa shape index (κ2) is 5.84. The monoisotopic (exact) mass is 376 g/mol. The van der Waals surface area contributed by atoms with Crippen LogP contribution in [-0.2, 0) is 9.59 Å². The maximum atomic E-state index is 16.8. The van der Waals surface area contributed by atoms with E-state index in [2.05, 4.69) is 0 Å². The molecular formula is C22H29FO4. The van der Waals surface area contributed by atoms with E-state index in [0.717, 1.165) is 12.0 Å². The van der Waals surface area contributed by atoms with Gasteiger partial charge in [-0.3, -0.25) is 9.59 Å². The van der Waals surface area contributed by atoms with E-state index in [0.29, 0.717) is 12.8 Å². The molecule has 3 saturated carbocycles. The molecular weight excluding hydrogens is 347 g/mol. The smallest absolute Gasteiger partial charge is 0.178 e. The lowest BCUT2D eigenvalue weighted by Gasteiger charge is -2.62. The molecule has 4 rings (SSSR count). The summed E-state index contributed by atoms with van der Waals surface area (Å²) in [5.74, 6) is -1.00. The third-order valence-corrected chi connectivity index (χ3v) is 8.48. The van der Waals surface area contributed by atoms with Crippen molar-refractivity contribution in [1.82, 2.24) is 0 Å². The van der Waals surface area contributed by atoms with Crippen LogP contribution in [0.2, 0.25) is 0 Å². The van der Waals surface area contributed by atoms with Crippen LogP contribution < -0.4 is 0 Å². The molecule has 4 aliphatic rings. The van der Waals surface area contributed by atoms with Crippen LogP contribution in [0.25, 0.3) is 0 Å². The zero-order valence-electron chi connectivity index (χ0n) is 16.2. The van der Waals surface area contributed by atoms with Crippen molar-refractivity contribution in [2.45, 2.75) is 58.2 Å². The second-order valence-electron chi connectivity index (χ2n) is 9.67. The Morgan fingerprint density at radius 3 is 2.70 bits per heavy atom. The third kappa shape index (κ3) is 2.21. The van der Waals surface area contributed by atoms with Crippen molar-refractivity contribution < 1.29 is 24.2 Å². The van der Waals surface area contributed by atoms with Crippen LogP contribution in [0.4, 0.5) is 4.39 Å². The molecule has 2 N–H and O–H groups in total. The first-order valence-electron chi connectivity index (χ1n) is 10.0. The van der Waals surface area contributed by atoms with E-state index in [-0.39, 0.29) is 41.7 Å². The summed E-state index contributed by atoms with van der Waals surface area (Å²) < 4.78 is 16.8. The zero-order chi connectivity index (χ0) is 19.8. The zero-order valence-corrected chi connectivity index (χ0v) is 16.2. The molecule has 0 aliphatic heterocycles. The van der Waals surface area contributed by atoms with E-state index in [9.17, 15) is 19.8 Å². The molecule has 5 heteroatoms. The molecule has 4 nitrogen and oxygen atoms in total. The maximum Gasteiger partial charge on any atom is 0.178 e. The summed E-state index contributed by atoms with van der Waals surface area (Å²) >= 11 is 0. The summed E-state index contributed by atoms with van der Waals surface area (Å²) in [5, 5.41) is 20.6. The number of hydrogen-bond acceptors (Lipinski definition) is 4. The van der Waals surface area contributed by atoms with Gasteiger partial charge in [0.15, 0.2) is 17.2 Å². The lowest BCUT2D eigenvalue weighted by atomic mass is 9.45. The van der Waals surface area contributed by atoms with Gasteiger partial charge in [-0.2, -0.15) is 0 Å². The van der Waals surface area contributed by atoms with Crippen LogP contribution in [0.15, 0.2) is 23.8 Å². The molecule has 3 fully saturated rings. The molecule has 0 amide bonds. The molecule has 2 unspecified atom stereocenters. The number of aliphatic hydroxyl groups excluding tert-OH is 2. The molecule has 0 aromatic rings. The summed E-state index contributed by atoms with van der Waals surface area (Å²) in [7, 11) is 0. The van der Waals surface area contributed by atoms with Crippen LogP contribution in [0.1, 0.15) is 46.5 Å². The van der Waals surface area contributed by atoms with Gasteiger partial charge in [-0.05, 0) is 62.0 Å². The first kappa shape index (κ1) is 19.0. The van der Waals surface area contributed by atoms with E-state index < -0.39 is 29.2 Å². The average Bonchev–Trinajstić information content (AvgIpc) is 2.86. The molecule has 148 valence electrons. The van der Waals surface area contributed by atoms with Crippen molar-refractivity contribution in [1.29, 1.82) is 0 Å². The van der Waals surface area contributed by atoms with E-state index in [4.69, 9.17) is 0 Å². The van der Waals surface area contributed by atoms with Gasteiger partial charge in [0.05, 0.1) is 6.10 Å². The summed E-state index contributed by atoms with van der Waals surface area (Å²) in [4.78, 5) is 24.3. The summed E-state index contributed by atoms with van der Waals surface area (Å²) in [6.45, 7) is 5.29. The number of halogens is 1. The predicted octanol–water partition coefficient (Wildman–Crippen LogP) is 2.78. The number of Topliss-reactive ketones (excluding diaryl/α,β-unsaturated/α-hetero) is 1. The highest BCUT2D eigenvalue weighted by Crippen LogP contribution is 2.69. The quantitative estimate of drug-likeness (QED) is 0.777. The van der Waals surface area contributed by atoms with Crippen molar-refractivity contribution in [2.75, 3.05) is 6.61 Å². The number of carbonyl (C=O) groups is 2. The fraction of sp³-hybridized carbons (Fsp3) is 0.727. The minimum absolute atomic E-state index is 0.0224. The number of alkyl halides is 1. The van der Waals surface area contributed by atoms with Crippen LogP contribution in [-0.4, -0.2) is 40.2 Å². The van der Waals surface area contributed by atoms with E-state index in [1.54, 1.807) is 13.0 Å². The molecule has 0 spiro atoms. The highest BCUT2D eigenvalue weighted by Gasteiger charge is 2.71. The molecule has 0 heterocycles. The van der Waals surface area contributed by atoms with Crippen molar-refractivity contribution in [3.63, 3.8) is 0 Å². The highest BCUT2D eigenvalue weighted by molar-refractivity contribution is 6.01. The Bertz CT molecular complexity index is 757. The van der Waals surface area contributed by atoms with Crippen LogP contribution in [0.3, 0.4) is 0 Å². The Labute approximate surface area is 159 Å². The van der Waals surface area contributed by atoms with E-state index in [1.807, 2.05) is 13.8 Å². The molecule has 8 atom stereocenters. The van der Waals surface area contributed by atoms with Gasteiger partial charge >= 0.3 is 0 Å². The number of fused-ring (bicyclic) bond motifs is 5. The molecule has 0 bridgehead atoms. The normalized spacial score (nSPS) is 51.3. The van der Waals surface area contributed by atoms with Gasteiger partial charge in [0, 0.05) is 17.3 Å². The van der Waals surface area contributed by atoms with Crippen LogP contribution in [0, 0.1) is 34.5 Å². The van der Waals surface area contributed by atoms with Gasteiger partial charge < -0.3 is 10.2 Å². The van der Waals surface area contributed by atoms with E-state index in [1.165, 1.54) is 12.2 Å². The molecule has 0 radical (unpaired) electrons. The van der Waals surface area contributed by atoms with Gasteiger partial charge in [-0.1, -0.05) is 25.5 Å². The minimum atomic E-state index is -1.85. The molecule has 27 heavy (non-hydrogen) atoms. The Balaban J connectivity index is 1.80. The molecule has 0 aromatic carbocycles. The second-order valence-corrected chi connectivity index (χ2v) is 9.67. The number of rotatable bonds is 2. The van der Waals surface area contributed by atoms with Crippen LogP contribution in [0.5, 0.6) is 0 Å². The van der Waals surface area contributed by atoms with Crippen molar-refractivity contribution in [2.24, 2.45) is 34.5 Å². The summed E-state index contributed by atoms with van der Waals surface area (Å²) in [6, 6.07) is 0. The first-order valence-corrected chi connectivity index (χ1v) is 10.0. The standard InChI is InChI=1S/C22H29FO4/c1-12-8-16-15-5-4-13-9-14(25)6-7-21(13,3)22(15,23)18(27)10-20(16,2)19(12)17(26)11-24/h6-7,9,12,15-16,18-19,24,27H,4-5,8,10-11H2,1-3H3/t12?,15-,16-,18-,19?,20-,21-,22-/m0/s1. The Hall–Kier alpha value is -1.33. The minimum Gasteiger partial charge on any atom is -0.390 e. The van der Waals surface area contributed by atoms with Crippen molar-refractivity contribution in [3.05, 3.63) is 23.8 Å². The number of hydrogen-bond donors (Lipinski definition) is 2. The summed E-state index contributed by atoms with van der Waals surface area (Å²) in [5.41, 5.74) is -2.59. The fourth-order valence-electron chi connectivity index (χ4n) is 7.36. The van der Waals surface area contributed by atoms with Gasteiger partial charge in [-0.25, -0.2) is 4.39 Å². The van der Waals surface area contributed by atoms with Gasteiger partial charge in [-0.15, -0.1) is 0 Å². The molecule has 0 saturated heterocycles. The largest absolute Gasteiger partial charge is 0.390 e. The van der Waals surface area contributed by atoms with Crippen molar-refractivity contribution in [3.8, 4) is 0 Å². The number of aliphatic hydroxyl groups is 2. The lowest BCUT2D eigenvalue weighted by Crippen LogP contribution is -2.66. The average molecular weight is 376 g/mol. The highest BCUT2D eigenvalue weighted by atomic mass is 19.1. The van der Waals surface area contributed by atoms with Gasteiger partial charge in [0.1, 0.15) is 6.61 Å². The maximum absolute atomic E-state index is 16.8. The SMILES string of the molecule is CC1C[C@H]2[C@@H]3CCC4=CC(=O)C=C[C@]4(C)[C@@]3(F)[C@@H](O)C[C@]2(C)C1C(=O)CO. The van der Waals surface area contributed by atoms with Gasteiger partial charge in [0.2, 0.25) is 0 Å². The number of ketones is 2. The molecule has 0 aromatic heterocycles. The lowest BCUT2D eigenvalue weighted by molar-refractivity contribution is -0.195. The number of carbonyl (C=O) groups excluding carboxylic acids is 2. The van der Waals surface area contributed by atoms with Crippen LogP contribution >= 0.6 is 0 Å². The Kier molecular flexibility index (Phi) is 4.11. The van der Waals surface area contributed by atoms with Crippen molar-refractivity contribution >= 4 is 11.6 Å². The number of allylic oxidation sites excluding steroid dienone is 4. The first-order chi connectivity index (χ1) is 12.6.